The van der Waals surface area contributed by atoms with E-state index in [0.29, 0.717) is 6.42 Å². The zero-order chi connectivity index (χ0) is 10.2. The van der Waals surface area contributed by atoms with E-state index in [4.69, 9.17) is 4.74 Å². The van der Waals surface area contributed by atoms with Crippen molar-refractivity contribution in [1.82, 2.24) is 0 Å². The summed E-state index contributed by atoms with van der Waals surface area (Å²) < 4.78 is 5.31. The van der Waals surface area contributed by atoms with Crippen LogP contribution in [0.15, 0.2) is 24.0 Å². The fraction of sp³-hybridized carbons (Fsp3) is 0.667. The van der Waals surface area contributed by atoms with Gasteiger partial charge in [0.2, 0.25) is 0 Å². The molecule has 0 bridgehead atoms. The van der Waals surface area contributed by atoms with Crippen molar-refractivity contribution in [1.29, 1.82) is 0 Å². The Morgan fingerprint density at radius 3 is 2.87 bits per heavy atom. The SMILES string of the molecule is C=C[C@@]1([O-])CC(OC)=C2CCCC[C@H]21.[Li+]. The van der Waals surface area contributed by atoms with Crippen molar-refractivity contribution in [3.05, 3.63) is 24.0 Å². The van der Waals surface area contributed by atoms with Crippen LogP contribution in [0.1, 0.15) is 32.1 Å². The molecule has 1 fully saturated rings. The molecule has 0 spiro atoms. The van der Waals surface area contributed by atoms with E-state index in [1.165, 1.54) is 18.4 Å². The van der Waals surface area contributed by atoms with E-state index in [9.17, 15) is 5.11 Å². The van der Waals surface area contributed by atoms with Crippen molar-refractivity contribution in [3.8, 4) is 0 Å². The zero-order valence-corrected chi connectivity index (χ0v) is 9.71. The van der Waals surface area contributed by atoms with Crippen LogP contribution in [0.2, 0.25) is 0 Å². The largest absolute Gasteiger partial charge is 1.00 e. The van der Waals surface area contributed by atoms with Crippen molar-refractivity contribution in [3.63, 3.8) is 0 Å². The summed E-state index contributed by atoms with van der Waals surface area (Å²) in [6.07, 6.45) is 6.51. The van der Waals surface area contributed by atoms with Crippen LogP contribution in [0.25, 0.3) is 0 Å². The second kappa shape index (κ2) is 4.78. The fourth-order valence-corrected chi connectivity index (χ4v) is 2.79. The maximum absolute atomic E-state index is 12.4. The average molecular weight is 200 g/mol. The van der Waals surface area contributed by atoms with E-state index in [2.05, 4.69) is 6.58 Å². The molecule has 78 valence electrons. The van der Waals surface area contributed by atoms with Crippen LogP contribution in [0.3, 0.4) is 0 Å². The first kappa shape index (κ1) is 12.9. The summed E-state index contributed by atoms with van der Waals surface area (Å²) >= 11 is 0. The number of ether oxygens (including phenoxy) is 1. The predicted octanol–water partition coefficient (Wildman–Crippen LogP) is -1.23. The van der Waals surface area contributed by atoms with Gasteiger partial charge in [-0.15, -0.1) is 12.7 Å². The second-order valence-corrected chi connectivity index (χ2v) is 4.29. The van der Waals surface area contributed by atoms with Gasteiger partial charge in [-0.2, -0.15) is 0 Å². The summed E-state index contributed by atoms with van der Waals surface area (Å²) in [5.41, 5.74) is 0.287. The van der Waals surface area contributed by atoms with Crippen molar-refractivity contribution < 1.29 is 28.7 Å². The van der Waals surface area contributed by atoms with Crippen molar-refractivity contribution in [2.45, 2.75) is 37.7 Å². The Bertz CT molecular complexity index is 285. The van der Waals surface area contributed by atoms with Gasteiger partial charge in [-0.3, -0.25) is 0 Å². The molecule has 0 amide bonds. The Balaban J connectivity index is 0.00000112. The minimum absolute atomic E-state index is 0. The van der Waals surface area contributed by atoms with Gasteiger partial charge in [0, 0.05) is 0 Å². The number of fused-ring (bicyclic) bond motifs is 1. The van der Waals surface area contributed by atoms with Gasteiger partial charge in [-0.25, -0.2) is 0 Å². The number of hydrogen-bond donors (Lipinski definition) is 0. The topological polar surface area (TPSA) is 32.3 Å². The molecule has 2 aliphatic carbocycles. The smallest absolute Gasteiger partial charge is 0.846 e. The first-order chi connectivity index (χ1) is 6.71. The number of rotatable bonds is 2. The Labute approximate surface area is 104 Å². The Kier molecular flexibility index (Phi) is 4.11. The van der Waals surface area contributed by atoms with Gasteiger partial charge in [0.25, 0.3) is 0 Å². The third-order valence-corrected chi connectivity index (χ3v) is 3.59. The van der Waals surface area contributed by atoms with Gasteiger partial charge >= 0.3 is 18.9 Å². The van der Waals surface area contributed by atoms with Crippen molar-refractivity contribution in [2.75, 3.05) is 7.11 Å². The quantitative estimate of drug-likeness (QED) is 0.413. The van der Waals surface area contributed by atoms with Gasteiger partial charge in [-0.1, -0.05) is 12.0 Å². The molecule has 15 heavy (non-hydrogen) atoms. The van der Waals surface area contributed by atoms with E-state index in [-0.39, 0.29) is 24.8 Å². The van der Waals surface area contributed by atoms with Crippen LogP contribution in [0.5, 0.6) is 0 Å². The van der Waals surface area contributed by atoms with Crippen LogP contribution >= 0.6 is 0 Å². The number of hydrogen-bond acceptors (Lipinski definition) is 2. The molecule has 3 heteroatoms. The molecule has 0 unspecified atom stereocenters. The minimum atomic E-state index is -0.985. The summed E-state index contributed by atoms with van der Waals surface area (Å²) in [6, 6.07) is 0. The van der Waals surface area contributed by atoms with Crippen LogP contribution in [0.4, 0.5) is 0 Å². The minimum Gasteiger partial charge on any atom is -0.846 e. The Hall–Kier alpha value is -0.163. The Morgan fingerprint density at radius 2 is 2.27 bits per heavy atom. The average Bonchev–Trinajstić information content (AvgIpc) is 2.54. The van der Waals surface area contributed by atoms with Crippen LogP contribution in [-0.2, 0) is 4.74 Å². The summed E-state index contributed by atoms with van der Waals surface area (Å²) in [4.78, 5) is 0. The van der Waals surface area contributed by atoms with Gasteiger partial charge in [0.05, 0.1) is 12.9 Å². The molecule has 0 aliphatic heterocycles. The molecule has 2 atom stereocenters. The van der Waals surface area contributed by atoms with Crippen molar-refractivity contribution in [2.24, 2.45) is 5.92 Å². The molecule has 0 radical (unpaired) electrons. The van der Waals surface area contributed by atoms with Gasteiger partial charge in [0.1, 0.15) is 0 Å². The molecular weight excluding hydrogens is 183 g/mol. The molecule has 2 rings (SSSR count). The molecule has 2 nitrogen and oxygen atoms in total. The molecule has 0 aromatic heterocycles. The molecule has 0 heterocycles. The van der Waals surface area contributed by atoms with Crippen LogP contribution in [-0.4, -0.2) is 12.7 Å². The monoisotopic (exact) mass is 200 g/mol. The van der Waals surface area contributed by atoms with E-state index in [1.54, 1.807) is 13.2 Å². The second-order valence-electron chi connectivity index (χ2n) is 4.29. The fourth-order valence-electron chi connectivity index (χ4n) is 2.79. The van der Waals surface area contributed by atoms with Gasteiger partial charge in [-0.05, 0) is 37.2 Å². The summed E-state index contributed by atoms with van der Waals surface area (Å²) in [5, 5.41) is 12.4. The summed E-state index contributed by atoms with van der Waals surface area (Å²) in [6.45, 7) is 3.68. The van der Waals surface area contributed by atoms with E-state index in [1.807, 2.05) is 0 Å². The third-order valence-electron chi connectivity index (χ3n) is 3.59. The summed E-state index contributed by atoms with van der Waals surface area (Å²) in [7, 11) is 1.67. The summed E-state index contributed by atoms with van der Waals surface area (Å²) in [5.74, 6) is 1.09. The maximum Gasteiger partial charge on any atom is 1.00 e. The molecule has 0 aromatic rings. The number of methoxy groups -OCH3 is 1. The standard InChI is InChI=1S/C12H17O2.Li/c1-3-12(13)8-11(14-2)9-6-4-5-7-10(9)12;/h3,10H,1,4-8H2,2H3;/q-1;+1/t10-,12-;/m1./s1. The van der Waals surface area contributed by atoms with Gasteiger partial charge in [0.15, 0.2) is 0 Å². The van der Waals surface area contributed by atoms with Crippen LogP contribution < -0.4 is 24.0 Å². The Morgan fingerprint density at radius 1 is 1.53 bits per heavy atom. The first-order valence-corrected chi connectivity index (χ1v) is 5.31. The molecule has 1 saturated carbocycles. The van der Waals surface area contributed by atoms with Crippen LogP contribution in [0, 0.1) is 5.92 Å². The normalized spacial score (nSPS) is 34.4. The van der Waals surface area contributed by atoms with E-state index < -0.39 is 5.60 Å². The molecule has 2 aliphatic rings. The third kappa shape index (κ3) is 2.04. The zero-order valence-electron chi connectivity index (χ0n) is 9.71. The maximum atomic E-state index is 12.4. The predicted molar refractivity (Wildman–Crippen MR) is 53.5 cm³/mol. The first-order valence-electron chi connectivity index (χ1n) is 5.31. The van der Waals surface area contributed by atoms with E-state index in [0.717, 1.165) is 18.6 Å². The molecule has 0 saturated heterocycles. The van der Waals surface area contributed by atoms with Gasteiger partial charge < -0.3 is 9.84 Å². The molecule has 0 N–H and O–H groups in total. The van der Waals surface area contributed by atoms with Crippen molar-refractivity contribution >= 4 is 0 Å². The molecule has 0 aromatic carbocycles. The molecular formula is C12H17LiO2. The van der Waals surface area contributed by atoms with E-state index >= 15 is 0 Å².